The molecule has 0 aromatic heterocycles. The fourth-order valence-electron chi connectivity index (χ4n) is 1.34. The van der Waals surface area contributed by atoms with E-state index < -0.39 is 29.8 Å². The van der Waals surface area contributed by atoms with Gasteiger partial charge < -0.3 is 10.1 Å². The normalized spacial score (nSPS) is 11.3. The van der Waals surface area contributed by atoms with Crippen LogP contribution in [0.5, 0.6) is 0 Å². The lowest BCUT2D eigenvalue weighted by Gasteiger charge is -2.12. The first-order valence-electron chi connectivity index (χ1n) is 5.89. The molecule has 6 nitrogen and oxygen atoms in total. The zero-order valence-corrected chi connectivity index (χ0v) is 11.1. The summed E-state index contributed by atoms with van der Waals surface area (Å²) < 4.78 is 17.6. The smallest absolute Gasteiger partial charge is 0.321 e. The van der Waals surface area contributed by atoms with Gasteiger partial charge in [0.1, 0.15) is 5.82 Å². The Kier molecular flexibility index (Phi) is 5.64. The van der Waals surface area contributed by atoms with Crippen molar-refractivity contribution in [3.8, 4) is 0 Å². The van der Waals surface area contributed by atoms with Gasteiger partial charge in [0.25, 0.3) is 5.91 Å². The summed E-state index contributed by atoms with van der Waals surface area (Å²) in [5.41, 5.74) is 0.565. The van der Waals surface area contributed by atoms with Crippen molar-refractivity contribution in [3.63, 3.8) is 0 Å². The van der Waals surface area contributed by atoms with Gasteiger partial charge in [0.15, 0.2) is 6.10 Å². The Morgan fingerprint density at radius 1 is 1.25 bits per heavy atom. The summed E-state index contributed by atoms with van der Waals surface area (Å²) in [4.78, 5) is 33.9. The Balaban J connectivity index is 2.47. The van der Waals surface area contributed by atoms with E-state index in [0.717, 1.165) is 0 Å². The second kappa shape index (κ2) is 7.22. The van der Waals surface area contributed by atoms with E-state index in [1.54, 1.807) is 0 Å². The van der Waals surface area contributed by atoms with Gasteiger partial charge in [-0.05, 0) is 24.6 Å². The molecule has 1 rings (SSSR count). The zero-order valence-electron chi connectivity index (χ0n) is 11.1. The number of urea groups is 1. The number of halogens is 1. The van der Waals surface area contributed by atoms with Crippen molar-refractivity contribution in [1.82, 2.24) is 10.6 Å². The number of carbonyl (C=O) groups is 3. The zero-order chi connectivity index (χ0) is 15.1. The van der Waals surface area contributed by atoms with Gasteiger partial charge in [-0.3, -0.25) is 14.9 Å². The third-order valence-corrected chi connectivity index (χ3v) is 2.40. The minimum Gasteiger partial charge on any atom is -0.452 e. The Hall–Kier alpha value is -2.44. The molecule has 0 saturated carbocycles. The molecule has 0 spiro atoms. The number of hydrogen-bond acceptors (Lipinski definition) is 4. The summed E-state index contributed by atoms with van der Waals surface area (Å²) in [7, 11) is 1.35. The van der Waals surface area contributed by atoms with E-state index >= 15 is 0 Å². The van der Waals surface area contributed by atoms with Gasteiger partial charge in [-0.25, -0.2) is 9.18 Å². The van der Waals surface area contributed by atoms with Crippen molar-refractivity contribution in [3.05, 3.63) is 35.6 Å². The highest BCUT2D eigenvalue weighted by Crippen LogP contribution is 2.05. The van der Waals surface area contributed by atoms with Crippen molar-refractivity contribution in [1.29, 1.82) is 0 Å². The summed E-state index contributed by atoms with van der Waals surface area (Å²) in [6.45, 7) is 1.35. The summed E-state index contributed by atoms with van der Waals surface area (Å²) in [5.74, 6) is -1.77. The molecule has 7 heteroatoms. The number of benzene rings is 1. The topological polar surface area (TPSA) is 84.5 Å². The van der Waals surface area contributed by atoms with E-state index in [1.165, 1.54) is 38.2 Å². The lowest BCUT2D eigenvalue weighted by Crippen LogP contribution is -2.43. The number of nitrogens with one attached hydrogen (secondary N) is 2. The largest absolute Gasteiger partial charge is 0.452 e. The molecule has 0 aliphatic heterocycles. The Bertz CT molecular complexity index is 502. The van der Waals surface area contributed by atoms with Crippen LogP contribution in [0.1, 0.15) is 12.5 Å². The van der Waals surface area contributed by atoms with Gasteiger partial charge >= 0.3 is 12.0 Å². The van der Waals surface area contributed by atoms with Crippen LogP contribution in [0.3, 0.4) is 0 Å². The summed E-state index contributed by atoms with van der Waals surface area (Å²) in [5, 5.41) is 4.19. The molecule has 0 radical (unpaired) electrons. The lowest BCUT2D eigenvalue weighted by atomic mass is 10.1. The standard InChI is InChI=1S/C13H15FN2O4/c1-8(12(18)16-13(19)15-2)20-11(17)7-9-3-5-10(14)6-4-9/h3-6,8H,7H2,1-2H3,(H2,15,16,18,19)/t8-/m1/s1. The maximum absolute atomic E-state index is 12.7. The fourth-order valence-corrected chi connectivity index (χ4v) is 1.34. The molecule has 1 aromatic carbocycles. The lowest BCUT2D eigenvalue weighted by molar-refractivity contribution is -0.153. The molecule has 20 heavy (non-hydrogen) atoms. The van der Waals surface area contributed by atoms with Crippen molar-refractivity contribution >= 4 is 17.9 Å². The molecule has 0 aliphatic rings. The van der Waals surface area contributed by atoms with Crippen molar-refractivity contribution < 1.29 is 23.5 Å². The number of esters is 1. The SMILES string of the molecule is CNC(=O)NC(=O)[C@@H](C)OC(=O)Cc1ccc(F)cc1. The van der Waals surface area contributed by atoms with Gasteiger partial charge in [-0.15, -0.1) is 0 Å². The van der Waals surface area contributed by atoms with Gasteiger partial charge in [-0.2, -0.15) is 0 Å². The first-order chi connectivity index (χ1) is 9.42. The van der Waals surface area contributed by atoms with E-state index in [9.17, 15) is 18.8 Å². The Morgan fingerprint density at radius 2 is 1.85 bits per heavy atom. The molecule has 0 unspecified atom stereocenters. The highest BCUT2D eigenvalue weighted by molar-refractivity contribution is 5.97. The third-order valence-electron chi connectivity index (χ3n) is 2.40. The van der Waals surface area contributed by atoms with Crippen molar-refractivity contribution in [2.45, 2.75) is 19.4 Å². The quantitative estimate of drug-likeness (QED) is 0.798. The van der Waals surface area contributed by atoms with Crippen LogP contribution in [0.15, 0.2) is 24.3 Å². The first kappa shape index (κ1) is 15.6. The van der Waals surface area contributed by atoms with Crippen molar-refractivity contribution in [2.75, 3.05) is 7.05 Å². The molecular formula is C13H15FN2O4. The predicted octanol–water partition coefficient (Wildman–Crippen LogP) is 0.755. The molecule has 2 N–H and O–H groups in total. The van der Waals surface area contributed by atoms with Crippen LogP contribution in [0.25, 0.3) is 0 Å². The molecule has 0 bridgehead atoms. The number of hydrogen-bond donors (Lipinski definition) is 2. The molecular weight excluding hydrogens is 267 g/mol. The molecule has 3 amide bonds. The van der Waals surface area contributed by atoms with Crippen LogP contribution in [-0.4, -0.2) is 31.1 Å². The average molecular weight is 282 g/mol. The number of ether oxygens (including phenoxy) is 1. The van der Waals surface area contributed by atoms with Gasteiger partial charge in [0.2, 0.25) is 0 Å². The van der Waals surface area contributed by atoms with Crippen LogP contribution in [0.4, 0.5) is 9.18 Å². The van der Waals surface area contributed by atoms with Gasteiger partial charge in [0, 0.05) is 7.05 Å². The van der Waals surface area contributed by atoms with Crippen LogP contribution in [0.2, 0.25) is 0 Å². The summed E-state index contributed by atoms with van der Waals surface area (Å²) in [6, 6.07) is 4.67. The number of carbonyl (C=O) groups excluding carboxylic acids is 3. The first-order valence-corrected chi connectivity index (χ1v) is 5.89. The van der Waals surface area contributed by atoms with Gasteiger partial charge in [0.05, 0.1) is 6.42 Å². The van der Waals surface area contributed by atoms with Crippen LogP contribution in [0, 0.1) is 5.82 Å². The van der Waals surface area contributed by atoms with Crippen LogP contribution < -0.4 is 10.6 Å². The maximum atomic E-state index is 12.7. The minimum atomic E-state index is -1.10. The van der Waals surface area contributed by atoms with E-state index in [1.807, 2.05) is 5.32 Å². The third kappa shape index (κ3) is 5.05. The second-order valence-electron chi connectivity index (χ2n) is 4.00. The molecule has 0 heterocycles. The minimum absolute atomic E-state index is 0.0854. The molecule has 0 fully saturated rings. The van der Waals surface area contributed by atoms with Crippen LogP contribution in [-0.2, 0) is 20.7 Å². The van der Waals surface area contributed by atoms with E-state index in [-0.39, 0.29) is 6.42 Å². The maximum Gasteiger partial charge on any atom is 0.321 e. The number of imide groups is 1. The van der Waals surface area contributed by atoms with Crippen LogP contribution >= 0.6 is 0 Å². The summed E-state index contributed by atoms with van der Waals surface area (Å²) in [6.07, 6.45) is -1.18. The van der Waals surface area contributed by atoms with E-state index in [2.05, 4.69) is 5.32 Å². The predicted molar refractivity (Wildman–Crippen MR) is 68.3 cm³/mol. The van der Waals surface area contributed by atoms with E-state index in [0.29, 0.717) is 5.56 Å². The Morgan fingerprint density at radius 3 is 2.40 bits per heavy atom. The molecule has 1 aromatic rings. The van der Waals surface area contributed by atoms with Crippen molar-refractivity contribution in [2.24, 2.45) is 0 Å². The molecule has 1 atom stereocenters. The summed E-state index contributed by atoms with van der Waals surface area (Å²) >= 11 is 0. The number of amides is 3. The van der Waals surface area contributed by atoms with Gasteiger partial charge in [-0.1, -0.05) is 12.1 Å². The monoisotopic (exact) mass is 282 g/mol. The number of rotatable bonds is 4. The highest BCUT2D eigenvalue weighted by Gasteiger charge is 2.19. The molecule has 0 aliphatic carbocycles. The fraction of sp³-hybridized carbons (Fsp3) is 0.308. The average Bonchev–Trinajstić information content (AvgIpc) is 2.41. The second-order valence-corrected chi connectivity index (χ2v) is 4.00. The van der Waals surface area contributed by atoms with E-state index in [4.69, 9.17) is 4.74 Å². The Labute approximate surface area is 115 Å². The molecule has 108 valence electrons. The molecule has 0 saturated heterocycles. The highest BCUT2D eigenvalue weighted by atomic mass is 19.1.